The zero-order valence-electron chi connectivity index (χ0n) is 11.0. The van der Waals surface area contributed by atoms with Gasteiger partial charge in [0.2, 0.25) is 0 Å². The Hall–Kier alpha value is -1.07. The fourth-order valence-corrected chi connectivity index (χ4v) is 3.01. The molecule has 0 atom stereocenters. The summed E-state index contributed by atoms with van der Waals surface area (Å²) in [5, 5.41) is 12.5. The number of benzene rings is 1. The number of carboxylic acid groups (broad SMARTS) is 1. The number of nitrogens with one attached hydrogen (secondary N) is 1. The summed E-state index contributed by atoms with van der Waals surface area (Å²) >= 11 is 3.32. The first-order valence-corrected chi connectivity index (χ1v) is 8.26. The standard InChI is InChI=1S/C14H19NO2S2/c1-3-9-18-10-8-15-11-6-5-7-12(19-4-2)13(11)14(16)17/h3,5-7,15H,1,4,8-10H2,2H3,(H,16,17). The number of hydrogen-bond donors (Lipinski definition) is 2. The minimum Gasteiger partial charge on any atom is -0.478 e. The number of carbonyl (C=O) groups is 1. The van der Waals surface area contributed by atoms with Crippen LogP contribution in [0.2, 0.25) is 0 Å². The Morgan fingerprint density at radius 3 is 2.95 bits per heavy atom. The molecule has 0 aliphatic carbocycles. The average molecular weight is 297 g/mol. The maximum absolute atomic E-state index is 11.4. The van der Waals surface area contributed by atoms with Crippen molar-refractivity contribution in [3.63, 3.8) is 0 Å². The summed E-state index contributed by atoms with van der Waals surface area (Å²) in [5.74, 6) is 1.83. The summed E-state index contributed by atoms with van der Waals surface area (Å²) in [6.45, 7) is 6.43. The maximum atomic E-state index is 11.4. The number of aromatic carboxylic acids is 1. The molecule has 0 heterocycles. The number of rotatable bonds is 9. The molecular formula is C14H19NO2S2. The molecule has 0 amide bonds. The molecule has 2 N–H and O–H groups in total. The number of thioether (sulfide) groups is 2. The Bertz CT molecular complexity index is 435. The molecule has 0 bridgehead atoms. The normalized spacial score (nSPS) is 10.2. The van der Waals surface area contributed by atoms with Gasteiger partial charge in [-0.15, -0.1) is 18.3 Å². The van der Waals surface area contributed by atoms with E-state index in [1.165, 1.54) is 0 Å². The fraction of sp³-hybridized carbons (Fsp3) is 0.357. The van der Waals surface area contributed by atoms with E-state index in [0.29, 0.717) is 11.3 Å². The quantitative estimate of drug-likeness (QED) is 0.412. The second kappa shape index (κ2) is 8.93. The summed E-state index contributed by atoms with van der Waals surface area (Å²) < 4.78 is 0. The lowest BCUT2D eigenvalue weighted by Gasteiger charge is -2.12. The molecule has 0 radical (unpaired) electrons. The van der Waals surface area contributed by atoms with Gasteiger partial charge in [-0.25, -0.2) is 4.79 Å². The second-order valence-electron chi connectivity index (χ2n) is 3.71. The molecule has 0 unspecified atom stereocenters. The van der Waals surface area contributed by atoms with Gasteiger partial charge in [-0.2, -0.15) is 11.8 Å². The van der Waals surface area contributed by atoms with Crippen molar-refractivity contribution >= 4 is 35.2 Å². The Morgan fingerprint density at radius 2 is 2.32 bits per heavy atom. The molecule has 19 heavy (non-hydrogen) atoms. The first-order valence-electron chi connectivity index (χ1n) is 6.12. The number of hydrogen-bond acceptors (Lipinski definition) is 4. The maximum Gasteiger partial charge on any atom is 0.338 e. The van der Waals surface area contributed by atoms with Gasteiger partial charge in [0.15, 0.2) is 0 Å². The Balaban J connectivity index is 2.73. The molecule has 0 aliphatic heterocycles. The van der Waals surface area contributed by atoms with Crippen LogP contribution in [0.5, 0.6) is 0 Å². The molecule has 0 saturated carbocycles. The summed E-state index contributed by atoms with van der Waals surface area (Å²) in [6.07, 6.45) is 1.87. The van der Waals surface area contributed by atoms with Crippen LogP contribution in [0.15, 0.2) is 35.7 Å². The van der Waals surface area contributed by atoms with Gasteiger partial charge < -0.3 is 10.4 Å². The van der Waals surface area contributed by atoms with E-state index in [-0.39, 0.29) is 0 Å². The number of carboxylic acids is 1. The molecule has 0 spiro atoms. The lowest BCUT2D eigenvalue weighted by molar-refractivity contribution is 0.0694. The lowest BCUT2D eigenvalue weighted by Crippen LogP contribution is -2.10. The van der Waals surface area contributed by atoms with E-state index in [1.54, 1.807) is 23.5 Å². The van der Waals surface area contributed by atoms with E-state index >= 15 is 0 Å². The van der Waals surface area contributed by atoms with Gasteiger partial charge in [-0.1, -0.05) is 19.1 Å². The third-order valence-corrected chi connectivity index (χ3v) is 4.24. The highest BCUT2D eigenvalue weighted by atomic mass is 32.2. The second-order valence-corrected chi connectivity index (χ2v) is 6.16. The van der Waals surface area contributed by atoms with Crippen molar-refractivity contribution in [3.8, 4) is 0 Å². The first kappa shape index (κ1) is 16.0. The monoisotopic (exact) mass is 297 g/mol. The van der Waals surface area contributed by atoms with Crippen molar-refractivity contribution in [2.75, 3.05) is 29.1 Å². The van der Waals surface area contributed by atoms with E-state index in [4.69, 9.17) is 0 Å². The molecule has 104 valence electrons. The summed E-state index contributed by atoms with van der Waals surface area (Å²) in [6, 6.07) is 5.57. The van der Waals surface area contributed by atoms with Crippen LogP contribution in [-0.2, 0) is 0 Å². The third-order valence-electron chi connectivity index (χ3n) is 2.34. The van der Waals surface area contributed by atoms with Gasteiger partial charge in [0.05, 0.1) is 5.56 Å². The Kier molecular flexibility index (Phi) is 7.52. The Morgan fingerprint density at radius 1 is 1.53 bits per heavy atom. The minimum atomic E-state index is -0.877. The highest BCUT2D eigenvalue weighted by molar-refractivity contribution is 7.99. The average Bonchev–Trinajstić information content (AvgIpc) is 2.38. The fourth-order valence-electron chi connectivity index (χ4n) is 1.60. The molecule has 5 heteroatoms. The van der Waals surface area contributed by atoms with E-state index in [1.807, 2.05) is 31.2 Å². The van der Waals surface area contributed by atoms with Gasteiger partial charge >= 0.3 is 5.97 Å². The van der Waals surface area contributed by atoms with Crippen LogP contribution in [0.4, 0.5) is 5.69 Å². The van der Waals surface area contributed by atoms with E-state index < -0.39 is 5.97 Å². The van der Waals surface area contributed by atoms with Crippen molar-refractivity contribution in [3.05, 3.63) is 36.4 Å². The van der Waals surface area contributed by atoms with Gasteiger partial charge in [-0.3, -0.25) is 0 Å². The largest absolute Gasteiger partial charge is 0.478 e. The SMILES string of the molecule is C=CCSCCNc1cccc(SCC)c1C(=O)O. The minimum absolute atomic E-state index is 0.378. The molecule has 0 aliphatic rings. The Labute approximate surface area is 122 Å². The highest BCUT2D eigenvalue weighted by Gasteiger charge is 2.14. The van der Waals surface area contributed by atoms with Crippen molar-refractivity contribution < 1.29 is 9.90 Å². The number of anilines is 1. The van der Waals surface area contributed by atoms with Crippen LogP contribution in [0.3, 0.4) is 0 Å². The van der Waals surface area contributed by atoms with Crippen LogP contribution in [-0.4, -0.2) is 34.9 Å². The van der Waals surface area contributed by atoms with Crippen molar-refractivity contribution in [2.45, 2.75) is 11.8 Å². The van der Waals surface area contributed by atoms with Crippen LogP contribution in [0.1, 0.15) is 17.3 Å². The molecular weight excluding hydrogens is 278 g/mol. The third kappa shape index (κ3) is 5.20. The van der Waals surface area contributed by atoms with Crippen molar-refractivity contribution in [2.24, 2.45) is 0 Å². The van der Waals surface area contributed by atoms with Crippen molar-refractivity contribution in [1.29, 1.82) is 0 Å². The lowest BCUT2D eigenvalue weighted by atomic mass is 10.2. The molecule has 0 aromatic heterocycles. The van der Waals surface area contributed by atoms with Crippen molar-refractivity contribution in [1.82, 2.24) is 0 Å². The molecule has 0 saturated heterocycles. The van der Waals surface area contributed by atoms with Gasteiger partial charge in [-0.05, 0) is 17.9 Å². The molecule has 1 rings (SSSR count). The highest BCUT2D eigenvalue weighted by Crippen LogP contribution is 2.28. The van der Waals surface area contributed by atoms with E-state index in [2.05, 4.69) is 11.9 Å². The van der Waals surface area contributed by atoms with E-state index in [9.17, 15) is 9.90 Å². The topological polar surface area (TPSA) is 49.3 Å². The van der Waals surface area contributed by atoms with Crippen LogP contribution >= 0.6 is 23.5 Å². The van der Waals surface area contributed by atoms with E-state index in [0.717, 1.165) is 28.7 Å². The summed E-state index contributed by atoms with van der Waals surface area (Å²) in [5.41, 5.74) is 1.08. The smallest absolute Gasteiger partial charge is 0.338 e. The summed E-state index contributed by atoms with van der Waals surface area (Å²) in [7, 11) is 0. The van der Waals surface area contributed by atoms with Gasteiger partial charge in [0.25, 0.3) is 0 Å². The summed E-state index contributed by atoms with van der Waals surface area (Å²) in [4.78, 5) is 12.2. The zero-order valence-corrected chi connectivity index (χ0v) is 12.6. The van der Waals surface area contributed by atoms with Crippen LogP contribution in [0, 0.1) is 0 Å². The van der Waals surface area contributed by atoms with Gasteiger partial charge in [0.1, 0.15) is 0 Å². The van der Waals surface area contributed by atoms with Crippen LogP contribution < -0.4 is 5.32 Å². The molecule has 1 aromatic carbocycles. The predicted molar refractivity (Wildman–Crippen MR) is 85.8 cm³/mol. The zero-order chi connectivity index (χ0) is 14.1. The first-order chi connectivity index (χ1) is 9.20. The molecule has 3 nitrogen and oxygen atoms in total. The van der Waals surface area contributed by atoms with Crippen LogP contribution in [0.25, 0.3) is 0 Å². The van der Waals surface area contributed by atoms with Gasteiger partial charge in [0, 0.05) is 28.6 Å². The predicted octanol–water partition coefficient (Wildman–Crippen LogP) is 3.83. The molecule has 0 fully saturated rings. The molecule has 1 aromatic rings.